The molecule has 4 rings (SSSR count). The largest absolute Gasteiger partial charge is 0.503 e. The number of nitrogens with one attached hydrogen (secondary N) is 1. The van der Waals surface area contributed by atoms with Crippen LogP contribution in [0.15, 0.2) is 36.5 Å². The number of aromatic hydroxyl groups is 1. The van der Waals surface area contributed by atoms with Gasteiger partial charge in [0.05, 0.1) is 7.11 Å². The van der Waals surface area contributed by atoms with Crippen molar-refractivity contribution in [3.8, 4) is 11.5 Å². The summed E-state index contributed by atoms with van der Waals surface area (Å²) >= 11 is 0. The smallest absolute Gasteiger partial charge is 0.274 e. The second-order valence-corrected chi connectivity index (χ2v) is 6.19. The molecule has 23 heavy (non-hydrogen) atoms. The minimum absolute atomic E-state index is 0.0143. The summed E-state index contributed by atoms with van der Waals surface area (Å²) in [5.41, 5.74) is 2.78. The molecule has 1 saturated carbocycles. The predicted molar refractivity (Wildman–Crippen MR) is 84.9 cm³/mol. The van der Waals surface area contributed by atoms with E-state index in [-0.39, 0.29) is 29.1 Å². The lowest BCUT2D eigenvalue weighted by Gasteiger charge is -2.25. The number of aromatic nitrogens is 1. The van der Waals surface area contributed by atoms with Crippen LogP contribution in [0.5, 0.6) is 11.5 Å². The van der Waals surface area contributed by atoms with Gasteiger partial charge in [0.25, 0.3) is 5.91 Å². The van der Waals surface area contributed by atoms with E-state index in [1.165, 1.54) is 30.5 Å². The van der Waals surface area contributed by atoms with E-state index in [2.05, 4.69) is 28.5 Å². The number of methoxy groups -OCH3 is 1. The fourth-order valence-corrected chi connectivity index (χ4v) is 4.02. The third-order valence-corrected chi connectivity index (χ3v) is 5.04. The van der Waals surface area contributed by atoms with Crippen LogP contribution in [0.4, 0.5) is 0 Å². The average molecular weight is 310 g/mol. The molecule has 1 heterocycles. The molecule has 2 N–H and O–H groups in total. The van der Waals surface area contributed by atoms with Crippen molar-refractivity contribution in [3.05, 3.63) is 53.3 Å². The zero-order chi connectivity index (χ0) is 16.0. The highest BCUT2D eigenvalue weighted by atomic mass is 16.5. The van der Waals surface area contributed by atoms with E-state index >= 15 is 0 Å². The molecule has 2 bridgehead atoms. The van der Waals surface area contributed by atoms with Gasteiger partial charge in [0.1, 0.15) is 0 Å². The molecule has 1 aromatic heterocycles. The summed E-state index contributed by atoms with van der Waals surface area (Å²) in [5, 5.41) is 13.1. The first kappa shape index (κ1) is 14.1. The molecule has 3 atom stereocenters. The monoisotopic (exact) mass is 310 g/mol. The number of pyridine rings is 1. The number of hydrogen-bond acceptors (Lipinski definition) is 4. The molecule has 0 radical (unpaired) electrons. The van der Waals surface area contributed by atoms with Gasteiger partial charge in [-0.3, -0.25) is 4.79 Å². The van der Waals surface area contributed by atoms with Gasteiger partial charge in [0, 0.05) is 24.2 Å². The summed E-state index contributed by atoms with van der Waals surface area (Å²) in [6.07, 6.45) is 3.49. The standard InChI is InChI=1S/C18H18N2O3/c1-23-15-6-7-19-16(17(15)21)18(22)20-14-9-10-8-13(14)12-5-3-2-4-11(10)12/h2-7,10,13-14,21H,8-9H2,1H3,(H,20,22). The van der Waals surface area contributed by atoms with Crippen molar-refractivity contribution in [2.75, 3.05) is 7.11 Å². The number of carbonyl (C=O) groups is 1. The maximum Gasteiger partial charge on any atom is 0.274 e. The Hall–Kier alpha value is -2.56. The Bertz CT molecular complexity index is 775. The lowest BCUT2D eigenvalue weighted by molar-refractivity contribution is 0.0924. The Morgan fingerprint density at radius 2 is 2.04 bits per heavy atom. The molecule has 5 nitrogen and oxygen atoms in total. The highest BCUT2D eigenvalue weighted by Gasteiger charge is 2.44. The summed E-state index contributed by atoms with van der Waals surface area (Å²) in [6, 6.07) is 10.1. The van der Waals surface area contributed by atoms with E-state index in [9.17, 15) is 9.90 Å². The minimum atomic E-state index is -0.351. The van der Waals surface area contributed by atoms with Crippen molar-refractivity contribution in [2.45, 2.75) is 30.7 Å². The third-order valence-electron chi connectivity index (χ3n) is 5.04. The number of ether oxygens (including phenoxy) is 1. The topological polar surface area (TPSA) is 71.5 Å². The zero-order valence-corrected chi connectivity index (χ0v) is 12.8. The van der Waals surface area contributed by atoms with Gasteiger partial charge >= 0.3 is 0 Å². The second kappa shape index (κ2) is 5.26. The Morgan fingerprint density at radius 3 is 2.83 bits per heavy atom. The summed E-state index contributed by atoms with van der Waals surface area (Å²) in [7, 11) is 1.45. The number of nitrogens with zero attached hydrogens (tertiary/aromatic N) is 1. The van der Waals surface area contributed by atoms with Crippen molar-refractivity contribution in [1.82, 2.24) is 10.3 Å². The maximum absolute atomic E-state index is 12.5. The highest BCUT2D eigenvalue weighted by Crippen LogP contribution is 2.52. The van der Waals surface area contributed by atoms with Gasteiger partial charge in [0.2, 0.25) is 0 Å². The Kier molecular flexibility index (Phi) is 3.22. The molecular formula is C18H18N2O3. The summed E-state index contributed by atoms with van der Waals surface area (Å²) in [5.74, 6) is 0.567. The van der Waals surface area contributed by atoms with Crippen LogP contribution in [0, 0.1) is 0 Å². The Balaban J connectivity index is 1.56. The molecule has 118 valence electrons. The van der Waals surface area contributed by atoms with Crippen LogP contribution in [0.2, 0.25) is 0 Å². The van der Waals surface area contributed by atoms with Crippen molar-refractivity contribution < 1.29 is 14.6 Å². The molecule has 0 saturated heterocycles. The number of hydrogen-bond donors (Lipinski definition) is 2. The fourth-order valence-electron chi connectivity index (χ4n) is 4.02. The van der Waals surface area contributed by atoms with Crippen LogP contribution in [-0.2, 0) is 0 Å². The normalized spacial score (nSPS) is 24.3. The minimum Gasteiger partial charge on any atom is -0.503 e. The highest BCUT2D eigenvalue weighted by molar-refractivity contribution is 5.95. The van der Waals surface area contributed by atoms with Gasteiger partial charge in [-0.05, 0) is 29.9 Å². The molecule has 3 unspecified atom stereocenters. The lowest BCUT2D eigenvalue weighted by atomic mass is 9.88. The molecule has 1 amide bonds. The molecule has 1 fully saturated rings. The first-order chi connectivity index (χ1) is 11.2. The molecule has 2 aliphatic rings. The van der Waals surface area contributed by atoms with Gasteiger partial charge in [-0.2, -0.15) is 0 Å². The summed E-state index contributed by atoms with van der Waals surface area (Å²) < 4.78 is 5.03. The predicted octanol–water partition coefficient (Wildman–Crippen LogP) is 2.57. The first-order valence-electron chi connectivity index (χ1n) is 7.80. The molecule has 2 aliphatic carbocycles. The van der Waals surface area contributed by atoms with Crippen LogP contribution in [0.1, 0.15) is 46.3 Å². The van der Waals surface area contributed by atoms with Crippen molar-refractivity contribution in [2.24, 2.45) is 0 Å². The molecule has 2 aromatic rings. The Labute approximate surface area is 134 Å². The fraction of sp³-hybridized carbons (Fsp3) is 0.333. The van der Waals surface area contributed by atoms with E-state index in [1.54, 1.807) is 0 Å². The molecule has 0 spiro atoms. The van der Waals surface area contributed by atoms with Gasteiger partial charge in [-0.25, -0.2) is 4.98 Å². The third kappa shape index (κ3) is 2.15. The van der Waals surface area contributed by atoms with Crippen molar-refractivity contribution in [1.29, 1.82) is 0 Å². The van der Waals surface area contributed by atoms with Gasteiger partial charge in [-0.1, -0.05) is 24.3 Å². The number of carbonyl (C=O) groups excluding carboxylic acids is 1. The summed E-state index contributed by atoms with van der Waals surface area (Å²) in [4.78, 5) is 16.5. The summed E-state index contributed by atoms with van der Waals surface area (Å²) in [6.45, 7) is 0. The molecule has 1 aromatic carbocycles. The van der Waals surface area contributed by atoms with E-state index in [1.807, 2.05) is 6.07 Å². The second-order valence-electron chi connectivity index (χ2n) is 6.19. The maximum atomic E-state index is 12.5. The quantitative estimate of drug-likeness (QED) is 0.914. The zero-order valence-electron chi connectivity index (χ0n) is 12.8. The van der Waals surface area contributed by atoms with Crippen LogP contribution < -0.4 is 10.1 Å². The van der Waals surface area contributed by atoms with E-state index in [0.29, 0.717) is 11.8 Å². The first-order valence-corrected chi connectivity index (χ1v) is 7.80. The SMILES string of the molecule is COc1ccnc(C(=O)NC2CC3CC2c2ccccc23)c1O. The van der Waals surface area contributed by atoms with Gasteiger partial charge in [0.15, 0.2) is 17.2 Å². The molecule has 0 aliphatic heterocycles. The average Bonchev–Trinajstić information content (AvgIpc) is 3.14. The van der Waals surface area contributed by atoms with Crippen LogP contribution in [0.25, 0.3) is 0 Å². The lowest BCUT2D eigenvalue weighted by Crippen LogP contribution is -2.38. The van der Waals surface area contributed by atoms with Crippen LogP contribution in [-0.4, -0.2) is 29.1 Å². The molecular weight excluding hydrogens is 292 g/mol. The van der Waals surface area contributed by atoms with Crippen LogP contribution in [0.3, 0.4) is 0 Å². The molecule has 5 heteroatoms. The number of benzene rings is 1. The van der Waals surface area contributed by atoms with Gasteiger partial charge < -0.3 is 15.2 Å². The van der Waals surface area contributed by atoms with Crippen molar-refractivity contribution in [3.63, 3.8) is 0 Å². The number of fused-ring (bicyclic) bond motifs is 5. The van der Waals surface area contributed by atoms with E-state index < -0.39 is 0 Å². The van der Waals surface area contributed by atoms with Gasteiger partial charge in [-0.15, -0.1) is 0 Å². The number of amides is 1. The van der Waals surface area contributed by atoms with E-state index in [0.717, 1.165) is 12.8 Å². The number of rotatable bonds is 3. The van der Waals surface area contributed by atoms with Crippen LogP contribution >= 0.6 is 0 Å². The van der Waals surface area contributed by atoms with Crippen molar-refractivity contribution >= 4 is 5.91 Å². The Morgan fingerprint density at radius 1 is 1.26 bits per heavy atom. The van der Waals surface area contributed by atoms with E-state index in [4.69, 9.17) is 4.74 Å².